The molecule has 3 N–H and O–H groups in total. The summed E-state index contributed by atoms with van der Waals surface area (Å²) in [6, 6.07) is 0. The Morgan fingerprint density at radius 2 is 1.43 bits per heavy atom. The monoisotopic (exact) mass is 168 g/mol. The predicted octanol–water partition coefficient (Wildman–Crippen LogP) is -0.174. The van der Waals surface area contributed by atoms with E-state index in [2.05, 4.69) is 21.4 Å². The Kier molecular flexibility index (Phi) is 35.4. The third-order valence-corrected chi connectivity index (χ3v) is 0. The van der Waals surface area contributed by atoms with E-state index in [0.29, 0.717) is 0 Å². The summed E-state index contributed by atoms with van der Waals surface area (Å²) in [5, 5.41) is 7.00. The summed E-state index contributed by atoms with van der Waals surface area (Å²) in [6.07, 6.45) is 0. The quantitative estimate of drug-likeness (QED) is 0.511. The molecule has 0 atom stereocenters. The highest BCUT2D eigenvalue weighted by atomic mass is 36.0. The first kappa shape index (κ1) is 15.7. The van der Waals surface area contributed by atoms with Gasteiger partial charge in [0.05, 0.1) is 0 Å². The molecular formula is CH6Cl2O3S. The average molecular weight is 169 g/mol. The van der Waals surface area contributed by atoms with Crippen molar-refractivity contribution in [3.05, 3.63) is 0 Å². The zero-order chi connectivity index (χ0) is 5.58. The number of hydrogen-bond donors (Lipinski definition) is 1. The Balaban J connectivity index is -0.0000000480. The summed E-state index contributed by atoms with van der Waals surface area (Å²) in [5.41, 5.74) is 0. The fourth-order valence-electron chi connectivity index (χ4n) is 0. The van der Waals surface area contributed by atoms with Gasteiger partial charge in [0.15, 0.2) is 31.0 Å². The van der Waals surface area contributed by atoms with Crippen LogP contribution in [0.4, 0.5) is 0 Å². The van der Waals surface area contributed by atoms with E-state index in [1.54, 1.807) is 0 Å². The highest BCUT2D eigenvalue weighted by Crippen LogP contribution is 1.98. The van der Waals surface area contributed by atoms with Crippen LogP contribution in [0, 0.1) is 0 Å². The maximum absolute atomic E-state index is 9.09. The molecule has 0 aromatic carbocycles. The molecule has 48 valence electrons. The van der Waals surface area contributed by atoms with Gasteiger partial charge in [-0.1, -0.05) is 0 Å². The Morgan fingerprint density at radius 3 is 1.43 bits per heavy atom. The molecule has 0 aliphatic heterocycles. The van der Waals surface area contributed by atoms with E-state index in [1.807, 2.05) is 0 Å². The van der Waals surface area contributed by atoms with E-state index in [0.717, 1.165) is 7.11 Å². The minimum absolute atomic E-state index is 0. The van der Waals surface area contributed by atoms with E-state index in [1.165, 1.54) is 0 Å². The highest BCUT2D eigenvalue weighted by Gasteiger charge is 1.83. The second kappa shape index (κ2) is 15.8. The first-order valence-electron chi connectivity index (χ1n) is 0.922. The SMILES string of the molecule is CO.O.[O-][S+](Cl)Cl. The van der Waals surface area contributed by atoms with Gasteiger partial charge in [0.1, 0.15) is 0 Å². The molecule has 0 spiro atoms. The van der Waals surface area contributed by atoms with Crippen LogP contribution in [0.15, 0.2) is 0 Å². The van der Waals surface area contributed by atoms with Crippen LogP contribution < -0.4 is 0 Å². The lowest BCUT2D eigenvalue weighted by Gasteiger charge is -1.73. The maximum atomic E-state index is 9.09. The molecule has 7 heavy (non-hydrogen) atoms. The van der Waals surface area contributed by atoms with E-state index in [-0.39, 0.29) is 5.48 Å². The van der Waals surface area contributed by atoms with E-state index < -0.39 is 9.60 Å². The molecular weight excluding hydrogens is 163 g/mol. The van der Waals surface area contributed by atoms with E-state index in [4.69, 9.17) is 9.66 Å². The van der Waals surface area contributed by atoms with Gasteiger partial charge in [-0.25, -0.2) is 0 Å². The molecule has 6 heteroatoms. The van der Waals surface area contributed by atoms with Crippen LogP contribution in [0.5, 0.6) is 0 Å². The van der Waals surface area contributed by atoms with Crippen molar-refractivity contribution in [2.45, 2.75) is 0 Å². The maximum Gasteiger partial charge on any atom is 0.198 e. The zero-order valence-electron chi connectivity index (χ0n) is 3.52. The van der Waals surface area contributed by atoms with Crippen LogP contribution >= 0.6 is 21.4 Å². The molecule has 0 unspecified atom stereocenters. The molecule has 0 fully saturated rings. The van der Waals surface area contributed by atoms with Crippen molar-refractivity contribution in [3.8, 4) is 0 Å². The Morgan fingerprint density at radius 1 is 1.43 bits per heavy atom. The summed E-state index contributed by atoms with van der Waals surface area (Å²) in [4.78, 5) is 0. The summed E-state index contributed by atoms with van der Waals surface area (Å²) in [5.74, 6) is 0. The number of hydrogen-bond acceptors (Lipinski definition) is 2. The molecule has 0 radical (unpaired) electrons. The summed E-state index contributed by atoms with van der Waals surface area (Å²) < 4.78 is 9.09. The minimum Gasteiger partial charge on any atom is -0.582 e. The average Bonchev–Trinajstić information content (AvgIpc) is 1.41. The fraction of sp³-hybridized carbons (Fsp3) is 1.00. The van der Waals surface area contributed by atoms with Crippen LogP contribution in [0.2, 0.25) is 0 Å². The molecule has 0 aromatic rings. The number of aliphatic hydroxyl groups is 1. The van der Waals surface area contributed by atoms with Crippen LogP contribution in [-0.2, 0) is 9.60 Å². The van der Waals surface area contributed by atoms with Crippen molar-refractivity contribution < 1.29 is 15.1 Å². The van der Waals surface area contributed by atoms with Crippen molar-refractivity contribution in [1.82, 2.24) is 0 Å². The topological polar surface area (TPSA) is 74.8 Å². The molecule has 0 aliphatic rings. The minimum atomic E-state index is -1.67. The Hall–Kier alpha value is 0.810. The van der Waals surface area contributed by atoms with Gasteiger partial charge in [-0.3, -0.25) is 0 Å². The van der Waals surface area contributed by atoms with Crippen LogP contribution in [0.3, 0.4) is 0 Å². The Labute approximate surface area is 53.7 Å². The standard InChI is InChI=1S/CH4O.Cl2OS.H2O/c1-2;1-4(2)3;/h2H,1H3;;1H2. The third-order valence-electron chi connectivity index (χ3n) is 0. The second-order valence-corrected chi connectivity index (χ2v) is 2.71. The van der Waals surface area contributed by atoms with Crippen molar-refractivity contribution in [2.75, 3.05) is 7.11 Å². The van der Waals surface area contributed by atoms with Gasteiger partial charge in [0.25, 0.3) is 0 Å². The molecule has 0 aromatic heterocycles. The molecule has 0 saturated heterocycles. The largest absolute Gasteiger partial charge is 0.582 e. The third kappa shape index (κ3) is 240. The fourth-order valence-corrected chi connectivity index (χ4v) is 0. The number of rotatable bonds is 0. The summed E-state index contributed by atoms with van der Waals surface area (Å²) in [7, 11) is 8.36. The van der Waals surface area contributed by atoms with Crippen molar-refractivity contribution in [1.29, 1.82) is 0 Å². The van der Waals surface area contributed by atoms with Gasteiger partial charge in [-0.2, -0.15) is 0 Å². The highest BCUT2D eigenvalue weighted by molar-refractivity contribution is 8.31. The number of halogens is 2. The molecule has 0 aliphatic carbocycles. The van der Waals surface area contributed by atoms with Gasteiger partial charge in [0.2, 0.25) is 0 Å². The van der Waals surface area contributed by atoms with Crippen molar-refractivity contribution >= 4 is 31.0 Å². The van der Waals surface area contributed by atoms with E-state index >= 15 is 0 Å². The molecule has 0 rings (SSSR count). The number of aliphatic hydroxyl groups excluding tert-OH is 1. The van der Waals surface area contributed by atoms with Gasteiger partial charge in [-0.15, -0.1) is 0 Å². The van der Waals surface area contributed by atoms with Gasteiger partial charge in [-0.05, 0) is 0 Å². The molecule has 0 heterocycles. The predicted molar refractivity (Wildman–Crippen MR) is 31.6 cm³/mol. The Bertz CT molecular complexity index is 17.7. The second-order valence-electron chi connectivity index (χ2n) is 0.184. The lowest BCUT2D eigenvalue weighted by atomic mass is 11.8. The summed E-state index contributed by atoms with van der Waals surface area (Å²) >= 11 is 0. The van der Waals surface area contributed by atoms with Crippen LogP contribution in [0.25, 0.3) is 0 Å². The van der Waals surface area contributed by atoms with Crippen LogP contribution in [-0.4, -0.2) is 22.2 Å². The smallest absolute Gasteiger partial charge is 0.198 e. The van der Waals surface area contributed by atoms with E-state index in [9.17, 15) is 0 Å². The van der Waals surface area contributed by atoms with Crippen LogP contribution in [0.1, 0.15) is 0 Å². The summed E-state index contributed by atoms with van der Waals surface area (Å²) in [6.45, 7) is 0. The molecule has 3 nitrogen and oxygen atoms in total. The van der Waals surface area contributed by atoms with Gasteiger partial charge >= 0.3 is 0 Å². The molecule has 0 bridgehead atoms. The van der Waals surface area contributed by atoms with Crippen molar-refractivity contribution in [3.63, 3.8) is 0 Å². The normalized spacial score (nSPS) is 6.00. The zero-order valence-corrected chi connectivity index (χ0v) is 5.85. The van der Waals surface area contributed by atoms with Gasteiger partial charge < -0.3 is 15.1 Å². The molecule has 0 amide bonds. The molecule has 0 saturated carbocycles. The lowest BCUT2D eigenvalue weighted by molar-refractivity contribution is 0.399. The van der Waals surface area contributed by atoms with Gasteiger partial charge in [0, 0.05) is 7.11 Å². The van der Waals surface area contributed by atoms with Crippen molar-refractivity contribution in [2.24, 2.45) is 0 Å². The first-order valence-corrected chi connectivity index (χ1v) is 3.72. The lowest BCUT2D eigenvalue weighted by Crippen LogP contribution is -1.63. The first-order chi connectivity index (χ1) is 2.73.